The van der Waals surface area contributed by atoms with E-state index in [1.165, 1.54) is 23.6 Å². The van der Waals surface area contributed by atoms with E-state index in [9.17, 15) is 9.59 Å². The Labute approximate surface area is 126 Å². The van der Waals surface area contributed by atoms with Crippen LogP contribution in [0.15, 0.2) is 41.4 Å². The second kappa shape index (κ2) is 6.94. The van der Waals surface area contributed by atoms with Gasteiger partial charge in [-0.3, -0.25) is 9.48 Å². The fourth-order valence-corrected chi connectivity index (χ4v) is 2.40. The number of amides is 1. The van der Waals surface area contributed by atoms with Crippen molar-refractivity contribution in [3.05, 3.63) is 42.2 Å². The number of esters is 1. The van der Waals surface area contributed by atoms with E-state index < -0.39 is 5.97 Å². The largest absolute Gasteiger partial charge is 0.464 e. The molecule has 0 saturated carbocycles. The van der Waals surface area contributed by atoms with Gasteiger partial charge in [0.05, 0.1) is 18.6 Å². The van der Waals surface area contributed by atoms with Crippen molar-refractivity contribution in [2.45, 2.75) is 4.90 Å². The van der Waals surface area contributed by atoms with Gasteiger partial charge in [0.2, 0.25) is 5.91 Å². The summed E-state index contributed by atoms with van der Waals surface area (Å²) in [6, 6.07) is 9.61. The molecular weight excluding hydrogens is 290 g/mol. The van der Waals surface area contributed by atoms with E-state index in [-0.39, 0.29) is 17.4 Å². The van der Waals surface area contributed by atoms with Crippen molar-refractivity contribution in [1.82, 2.24) is 9.78 Å². The third-order valence-electron chi connectivity index (χ3n) is 2.59. The molecule has 7 heteroatoms. The Kier molecular flexibility index (Phi) is 4.99. The standard InChI is InChI=1S/C14H15N3O3S/c1-17-8-11(13(16-17)14(19)20-2)15-12(18)9-21-10-6-4-3-5-7-10/h3-8H,9H2,1-2H3,(H,15,18). The Morgan fingerprint density at radius 1 is 1.33 bits per heavy atom. The van der Waals surface area contributed by atoms with Crippen LogP contribution >= 0.6 is 11.8 Å². The molecule has 2 rings (SSSR count). The molecule has 0 bridgehead atoms. The highest BCUT2D eigenvalue weighted by Gasteiger charge is 2.18. The average Bonchev–Trinajstić information content (AvgIpc) is 2.86. The van der Waals surface area contributed by atoms with Gasteiger partial charge in [-0.15, -0.1) is 11.8 Å². The van der Waals surface area contributed by atoms with E-state index in [2.05, 4.69) is 15.2 Å². The molecule has 1 N–H and O–H groups in total. The van der Waals surface area contributed by atoms with Gasteiger partial charge in [0.1, 0.15) is 0 Å². The van der Waals surface area contributed by atoms with Crippen LogP contribution in [0.4, 0.5) is 5.69 Å². The van der Waals surface area contributed by atoms with Gasteiger partial charge in [0.25, 0.3) is 0 Å². The van der Waals surface area contributed by atoms with Gasteiger partial charge in [-0.1, -0.05) is 18.2 Å². The summed E-state index contributed by atoms with van der Waals surface area (Å²) in [7, 11) is 2.94. The molecule has 0 radical (unpaired) electrons. The van der Waals surface area contributed by atoms with Gasteiger partial charge in [-0.2, -0.15) is 5.10 Å². The van der Waals surface area contributed by atoms with Crippen LogP contribution in [-0.2, 0) is 16.6 Å². The molecule has 0 unspecified atom stereocenters. The number of thioether (sulfide) groups is 1. The van der Waals surface area contributed by atoms with Crippen LogP contribution in [-0.4, -0.2) is 34.5 Å². The molecule has 1 heterocycles. The van der Waals surface area contributed by atoms with Crippen molar-refractivity contribution in [3.63, 3.8) is 0 Å². The molecule has 1 aromatic carbocycles. The first kappa shape index (κ1) is 15.1. The van der Waals surface area contributed by atoms with E-state index in [0.29, 0.717) is 5.69 Å². The molecule has 1 aromatic heterocycles. The lowest BCUT2D eigenvalue weighted by Crippen LogP contribution is -2.16. The minimum Gasteiger partial charge on any atom is -0.464 e. The zero-order valence-electron chi connectivity index (χ0n) is 11.7. The van der Waals surface area contributed by atoms with Crippen LogP contribution in [0.25, 0.3) is 0 Å². The first-order valence-electron chi connectivity index (χ1n) is 6.20. The highest BCUT2D eigenvalue weighted by molar-refractivity contribution is 8.00. The average molecular weight is 305 g/mol. The number of rotatable bonds is 5. The fourth-order valence-electron chi connectivity index (χ4n) is 1.68. The number of aromatic nitrogens is 2. The number of anilines is 1. The van der Waals surface area contributed by atoms with Crippen molar-refractivity contribution in [2.75, 3.05) is 18.2 Å². The van der Waals surface area contributed by atoms with Gasteiger partial charge in [-0.05, 0) is 12.1 Å². The quantitative estimate of drug-likeness (QED) is 0.675. The molecule has 21 heavy (non-hydrogen) atoms. The maximum Gasteiger partial charge on any atom is 0.360 e. The molecule has 1 amide bonds. The summed E-state index contributed by atoms with van der Waals surface area (Å²) in [5.74, 6) is -0.539. The van der Waals surface area contributed by atoms with Crippen LogP contribution in [0, 0.1) is 0 Å². The fraction of sp³-hybridized carbons (Fsp3) is 0.214. The first-order chi connectivity index (χ1) is 10.1. The van der Waals surface area contributed by atoms with Crippen molar-refractivity contribution in [1.29, 1.82) is 0 Å². The predicted molar refractivity (Wildman–Crippen MR) is 80.3 cm³/mol. The second-order valence-corrected chi connectivity index (χ2v) is 5.26. The summed E-state index contributed by atoms with van der Waals surface area (Å²) < 4.78 is 6.08. The van der Waals surface area contributed by atoms with Gasteiger partial charge in [-0.25, -0.2) is 4.79 Å². The van der Waals surface area contributed by atoms with Crippen molar-refractivity contribution in [2.24, 2.45) is 7.05 Å². The SMILES string of the molecule is COC(=O)c1nn(C)cc1NC(=O)CSc1ccccc1. The number of methoxy groups -OCH3 is 1. The number of aryl methyl sites for hydroxylation is 1. The van der Waals surface area contributed by atoms with Crippen molar-refractivity contribution < 1.29 is 14.3 Å². The Hall–Kier alpha value is -2.28. The van der Waals surface area contributed by atoms with Crippen molar-refractivity contribution >= 4 is 29.3 Å². The Balaban J connectivity index is 1.98. The monoisotopic (exact) mass is 305 g/mol. The van der Waals surface area contributed by atoms with Gasteiger partial charge < -0.3 is 10.1 Å². The number of nitrogens with one attached hydrogen (secondary N) is 1. The van der Waals surface area contributed by atoms with E-state index in [0.717, 1.165) is 4.90 Å². The lowest BCUT2D eigenvalue weighted by atomic mass is 10.3. The summed E-state index contributed by atoms with van der Waals surface area (Å²) in [6.45, 7) is 0. The minimum atomic E-state index is -0.582. The predicted octanol–water partition coefficient (Wildman–Crippen LogP) is 1.94. The number of benzene rings is 1. The summed E-state index contributed by atoms with van der Waals surface area (Å²) in [5, 5.41) is 6.65. The molecule has 2 aromatic rings. The summed E-state index contributed by atoms with van der Waals surface area (Å²) in [5.41, 5.74) is 0.445. The lowest BCUT2D eigenvalue weighted by molar-refractivity contribution is -0.113. The molecule has 0 aliphatic heterocycles. The third-order valence-corrected chi connectivity index (χ3v) is 3.61. The molecule has 0 aliphatic carbocycles. The van der Waals surface area contributed by atoms with Crippen LogP contribution in [0.5, 0.6) is 0 Å². The molecular formula is C14H15N3O3S. The zero-order chi connectivity index (χ0) is 15.2. The summed E-state index contributed by atoms with van der Waals surface area (Å²) in [6.07, 6.45) is 1.57. The first-order valence-corrected chi connectivity index (χ1v) is 7.18. The molecule has 0 fully saturated rings. The van der Waals surface area contributed by atoms with Crippen LogP contribution in [0.1, 0.15) is 10.5 Å². The third kappa shape index (κ3) is 4.09. The van der Waals surface area contributed by atoms with Gasteiger partial charge in [0, 0.05) is 18.1 Å². The van der Waals surface area contributed by atoms with Crippen LogP contribution in [0.3, 0.4) is 0 Å². The second-order valence-electron chi connectivity index (χ2n) is 4.21. The molecule has 0 spiro atoms. The lowest BCUT2D eigenvalue weighted by Gasteiger charge is -2.04. The van der Waals surface area contributed by atoms with Gasteiger partial charge >= 0.3 is 5.97 Å². The summed E-state index contributed by atoms with van der Waals surface area (Å²) >= 11 is 1.42. The van der Waals surface area contributed by atoms with Crippen LogP contribution in [0.2, 0.25) is 0 Å². The Morgan fingerprint density at radius 2 is 2.05 bits per heavy atom. The Morgan fingerprint density at radius 3 is 2.71 bits per heavy atom. The topological polar surface area (TPSA) is 73.2 Å². The normalized spacial score (nSPS) is 10.2. The number of hydrogen-bond donors (Lipinski definition) is 1. The molecule has 0 saturated heterocycles. The molecule has 0 aliphatic rings. The maximum atomic E-state index is 11.9. The highest BCUT2D eigenvalue weighted by Crippen LogP contribution is 2.18. The van der Waals surface area contributed by atoms with Gasteiger partial charge in [0.15, 0.2) is 5.69 Å². The Bertz CT molecular complexity index is 640. The smallest absolute Gasteiger partial charge is 0.360 e. The summed E-state index contributed by atoms with van der Waals surface area (Å²) in [4.78, 5) is 24.5. The van der Waals surface area contributed by atoms with E-state index in [4.69, 9.17) is 0 Å². The zero-order valence-corrected chi connectivity index (χ0v) is 12.5. The number of carbonyl (C=O) groups is 2. The highest BCUT2D eigenvalue weighted by atomic mass is 32.2. The minimum absolute atomic E-state index is 0.0954. The number of nitrogens with zero attached hydrogens (tertiary/aromatic N) is 2. The molecule has 6 nitrogen and oxygen atoms in total. The van der Waals surface area contributed by atoms with E-state index >= 15 is 0 Å². The number of ether oxygens (including phenoxy) is 1. The van der Waals surface area contributed by atoms with E-state index in [1.54, 1.807) is 13.2 Å². The maximum absolute atomic E-state index is 11.9. The van der Waals surface area contributed by atoms with E-state index in [1.807, 2.05) is 30.3 Å². The molecule has 0 atom stereocenters. The number of hydrogen-bond acceptors (Lipinski definition) is 5. The van der Waals surface area contributed by atoms with Crippen molar-refractivity contribution in [3.8, 4) is 0 Å². The van der Waals surface area contributed by atoms with Crippen LogP contribution < -0.4 is 5.32 Å². The molecule has 110 valence electrons. The number of carbonyl (C=O) groups excluding carboxylic acids is 2.